The minimum Gasteiger partial charge on any atom is -0.465 e. The number of rotatable bonds is 4. The maximum atomic E-state index is 12.2. The van der Waals surface area contributed by atoms with Gasteiger partial charge in [-0.3, -0.25) is 14.4 Å². The van der Waals surface area contributed by atoms with E-state index in [1.807, 2.05) is 0 Å². The number of nitrogens with zero attached hydrogens (tertiary/aromatic N) is 1. The van der Waals surface area contributed by atoms with Crippen LogP contribution in [0.15, 0.2) is 0 Å². The standard InChI is InChI=1S/C14H23NO5/c1-5-19-11(16)9-15-8-6-7-10(12(15)17)13(18)20-14(2,3)4/h10H,5-9H2,1-4H3/t10-/m1/s1. The lowest BCUT2D eigenvalue weighted by molar-refractivity contribution is -0.168. The molecule has 0 aromatic rings. The second-order valence-electron chi connectivity index (χ2n) is 5.79. The number of carbonyl (C=O) groups is 3. The Hall–Kier alpha value is -1.59. The zero-order valence-corrected chi connectivity index (χ0v) is 12.6. The summed E-state index contributed by atoms with van der Waals surface area (Å²) in [6.45, 7) is 7.62. The Morgan fingerprint density at radius 2 is 2.00 bits per heavy atom. The first kappa shape index (κ1) is 16.5. The molecular formula is C14H23NO5. The molecule has 1 amide bonds. The van der Waals surface area contributed by atoms with Gasteiger partial charge in [0.2, 0.25) is 5.91 Å². The number of hydrogen-bond acceptors (Lipinski definition) is 5. The van der Waals surface area contributed by atoms with Crippen LogP contribution in [0, 0.1) is 5.92 Å². The fourth-order valence-electron chi connectivity index (χ4n) is 2.05. The van der Waals surface area contributed by atoms with E-state index in [0.29, 0.717) is 19.4 Å². The third-order valence-electron chi connectivity index (χ3n) is 2.85. The van der Waals surface area contributed by atoms with Crippen molar-refractivity contribution in [1.82, 2.24) is 4.90 Å². The predicted octanol–water partition coefficient (Wildman–Crippen LogP) is 1.13. The van der Waals surface area contributed by atoms with Crippen LogP contribution in [0.1, 0.15) is 40.5 Å². The molecule has 0 radical (unpaired) electrons. The Kier molecular flexibility index (Phi) is 5.53. The van der Waals surface area contributed by atoms with E-state index in [-0.39, 0.29) is 19.1 Å². The van der Waals surface area contributed by atoms with Crippen molar-refractivity contribution in [2.24, 2.45) is 5.92 Å². The van der Waals surface area contributed by atoms with E-state index >= 15 is 0 Å². The number of ether oxygens (including phenoxy) is 2. The molecule has 0 aliphatic carbocycles. The smallest absolute Gasteiger partial charge is 0.325 e. The molecule has 0 spiro atoms. The van der Waals surface area contributed by atoms with Gasteiger partial charge in [0.1, 0.15) is 18.1 Å². The Morgan fingerprint density at radius 1 is 1.35 bits per heavy atom. The van der Waals surface area contributed by atoms with Gasteiger partial charge in [-0.15, -0.1) is 0 Å². The highest BCUT2D eigenvalue weighted by atomic mass is 16.6. The number of amides is 1. The molecule has 6 nitrogen and oxygen atoms in total. The predicted molar refractivity (Wildman–Crippen MR) is 71.8 cm³/mol. The first-order chi connectivity index (χ1) is 9.24. The van der Waals surface area contributed by atoms with Gasteiger partial charge in [-0.25, -0.2) is 0 Å². The fraction of sp³-hybridized carbons (Fsp3) is 0.786. The molecule has 1 rings (SSSR count). The Labute approximate surface area is 119 Å². The minimum absolute atomic E-state index is 0.105. The second kappa shape index (κ2) is 6.72. The van der Waals surface area contributed by atoms with Gasteiger partial charge in [0.25, 0.3) is 0 Å². The van der Waals surface area contributed by atoms with Crippen LogP contribution in [0.5, 0.6) is 0 Å². The lowest BCUT2D eigenvalue weighted by Gasteiger charge is -2.32. The Balaban J connectivity index is 2.64. The summed E-state index contributed by atoms with van der Waals surface area (Å²) in [5.41, 5.74) is -0.624. The maximum absolute atomic E-state index is 12.2. The van der Waals surface area contributed by atoms with Crippen LogP contribution in [-0.4, -0.2) is 48.0 Å². The summed E-state index contributed by atoms with van der Waals surface area (Å²) >= 11 is 0. The molecule has 0 aromatic carbocycles. The molecule has 0 N–H and O–H groups in total. The SMILES string of the molecule is CCOC(=O)CN1CCC[C@@H](C(=O)OC(C)(C)C)C1=O. The van der Waals surface area contributed by atoms with E-state index in [9.17, 15) is 14.4 Å². The molecule has 6 heteroatoms. The third-order valence-corrected chi connectivity index (χ3v) is 2.85. The summed E-state index contributed by atoms with van der Waals surface area (Å²) < 4.78 is 10.1. The Bertz CT molecular complexity index is 386. The molecule has 0 saturated carbocycles. The molecule has 20 heavy (non-hydrogen) atoms. The highest BCUT2D eigenvalue weighted by Gasteiger charge is 2.37. The fourth-order valence-corrected chi connectivity index (χ4v) is 2.05. The normalized spacial score (nSPS) is 19.7. The van der Waals surface area contributed by atoms with Crippen molar-refractivity contribution in [3.8, 4) is 0 Å². The van der Waals surface area contributed by atoms with Crippen molar-refractivity contribution < 1.29 is 23.9 Å². The summed E-state index contributed by atoms with van der Waals surface area (Å²) in [6.07, 6.45) is 1.14. The van der Waals surface area contributed by atoms with Crippen LogP contribution < -0.4 is 0 Å². The molecular weight excluding hydrogens is 262 g/mol. The quantitative estimate of drug-likeness (QED) is 0.572. The minimum atomic E-state index is -0.808. The van der Waals surface area contributed by atoms with Gasteiger partial charge in [0.15, 0.2) is 0 Å². The highest BCUT2D eigenvalue weighted by molar-refractivity contribution is 5.99. The third kappa shape index (κ3) is 4.83. The molecule has 1 fully saturated rings. The topological polar surface area (TPSA) is 72.9 Å². The zero-order chi connectivity index (χ0) is 15.3. The van der Waals surface area contributed by atoms with E-state index in [2.05, 4.69) is 0 Å². The van der Waals surface area contributed by atoms with Crippen LogP contribution >= 0.6 is 0 Å². The van der Waals surface area contributed by atoms with Crippen LogP contribution in [-0.2, 0) is 23.9 Å². The van der Waals surface area contributed by atoms with Gasteiger partial charge >= 0.3 is 11.9 Å². The van der Waals surface area contributed by atoms with E-state index in [0.717, 1.165) is 0 Å². The van der Waals surface area contributed by atoms with Crippen LogP contribution in [0.25, 0.3) is 0 Å². The number of piperidine rings is 1. The Morgan fingerprint density at radius 3 is 2.55 bits per heavy atom. The monoisotopic (exact) mass is 285 g/mol. The molecule has 1 saturated heterocycles. The van der Waals surface area contributed by atoms with Crippen molar-refractivity contribution in [2.75, 3.05) is 19.7 Å². The van der Waals surface area contributed by atoms with Crippen molar-refractivity contribution in [2.45, 2.75) is 46.1 Å². The molecule has 0 aromatic heterocycles. The average Bonchev–Trinajstić information content (AvgIpc) is 2.29. The van der Waals surface area contributed by atoms with Crippen molar-refractivity contribution in [3.63, 3.8) is 0 Å². The van der Waals surface area contributed by atoms with E-state index in [1.165, 1.54) is 4.90 Å². The lowest BCUT2D eigenvalue weighted by atomic mass is 9.97. The highest BCUT2D eigenvalue weighted by Crippen LogP contribution is 2.22. The number of likely N-dealkylation sites (tertiary alicyclic amines) is 1. The van der Waals surface area contributed by atoms with Crippen LogP contribution in [0.2, 0.25) is 0 Å². The van der Waals surface area contributed by atoms with Gasteiger partial charge in [0, 0.05) is 6.54 Å². The van der Waals surface area contributed by atoms with Gasteiger partial charge in [-0.2, -0.15) is 0 Å². The van der Waals surface area contributed by atoms with Gasteiger partial charge in [-0.1, -0.05) is 0 Å². The summed E-state index contributed by atoms with van der Waals surface area (Å²) in [5, 5.41) is 0. The molecule has 1 atom stereocenters. The van der Waals surface area contributed by atoms with Crippen molar-refractivity contribution in [1.29, 1.82) is 0 Å². The number of hydrogen-bond donors (Lipinski definition) is 0. The van der Waals surface area contributed by atoms with E-state index in [4.69, 9.17) is 9.47 Å². The van der Waals surface area contributed by atoms with Gasteiger partial charge < -0.3 is 14.4 Å². The second-order valence-corrected chi connectivity index (χ2v) is 5.79. The van der Waals surface area contributed by atoms with Crippen LogP contribution in [0.3, 0.4) is 0 Å². The van der Waals surface area contributed by atoms with E-state index < -0.39 is 23.5 Å². The summed E-state index contributed by atoms with van der Waals surface area (Å²) in [7, 11) is 0. The summed E-state index contributed by atoms with van der Waals surface area (Å²) in [5.74, 6) is -2.13. The van der Waals surface area contributed by atoms with E-state index in [1.54, 1.807) is 27.7 Å². The van der Waals surface area contributed by atoms with Crippen LogP contribution in [0.4, 0.5) is 0 Å². The average molecular weight is 285 g/mol. The molecule has 0 unspecified atom stereocenters. The summed E-state index contributed by atoms with van der Waals surface area (Å²) in [4.78, 5) is 37.0. The van der Waals surface area contributed by atoms with Gasteiger partial charge in [-0.05, 0) is 40.5 Å². The first-order valence-electron chi connectivity index (χ1n) is 6.92. The largest absolute Gasteiger partial charge is 0.465 e. The van der Waals surface area contributed by atoms with Gasteiger partial charge in [0.05, 0.1) is 6.61 Å². The molecule has 1 aliphatic rings. The molecule has 1 aliphatic heterocycles. The van der Waals surface area contributed by atoms with Crippen molar-refractivity contribution in [3.05, 3.63) is 0 Å². The molecule has 114 valence electrons. The molecule has 1 heterocycles. The van der Waals surface area contributed by atoms with Crippen molar-refractivity contribution >= 4 is 17.8 Å². The molecule has 0 bridgehead atoms. The number of carbonyl (C=O) groups excluding carboxylic acids is 3. The maximum Gasteiger partial charge on any atom is 0.325 e. The lowest BCUT2D eigenvalue weighted by Crippen LogP contribution is -2.47. The number of esters is 2. The first-order valence-corrected chi connectivity index (χ1v) is 6.92. The zero-order valence-electron chi connectivity index (χ0n) is 12.6. The summed E-state index contributed by atoms with van der Waals surface area (Å²) in [6, 6.07) is 0.